The molecule has 3 N–H and O–H groups in total. The van der Waals surface area contributed by atoms with Crippen LogP contribution in [-0.2, 0) is 4.79 Å². The standard InChI is InChI=1S/C12H15ClN6O/c13-12-16-10-8(6-15-18-10)11(17-12)19-3-1-7(2-4-19)5-9(14)20/h6-7H,1-5H2,(H2,14,20)(H,15,16,17,18). The molecule has 106 valence electrons. The van der Waals surface area contributed by atoms with E-state index in [1.54, 1.807) is 6.20 Å². The number of hydrogen-bond donors (Lipinski definition) is 2. The highest BCUT2D eigenvalue weighted by Gasteiger charge is 2.23. The highest BCUT2D eigenvalue weighted by Crippen LogP contribution is 2.28. The SMILES string of the molecule is NC(=O)CC1CCN(c2nc(Cl)nc3[nH]ncc23)CC1. The molecule has 0 radical (unpaired) electrons. The summed E-state index contributed by atoms with van der Waals surface area (Å²) in [6, 6.07) is 0. The molecule has 0 saturated carbocycles. The van der Waals surface area contributed by atoms with Crippen LogP contribution in [0.1, 0.15) is 19.3 Å². The lowest BCUT2D eigenvalue weighted by atomic mass is 9.93. The maximum Gasteiger partial charge on any atom is 0.226 e. The predicted molar refractivity (Wildman–Crippen MR) is 75.4 cm³/mol. The van der Waals surface area contributed by atoms with Gasteiger partial charge in [-0.05, 0) is 30.4 Å². The molecule has 2 aromatic heterocycles. The fourth-order valence-corrected chi connectivity index (χ4v) is 2.83. The van der Waals surface area contributed by atoms with Gasteiger partial charge >= 0.3 is 0 Å². The van der Waals surface area contributed by atoms with E-state index in [9.17, 15) is 4.79 Å². The second-order valence-corrected chi connectivity index (χ2v) is 5.39. The number of halogens is 1. The number of anilines is 1. The van der Waals surface area contributed by atoms with E-state index < -0.39 is 0 Å². The summed E-state index contributed by atoms with van der Waals surface area (Å²) in [5.41, 5.74) is 5.88. The van der Waals surface area contributed by atoms with Crippen molar-refractivity contribution < 1.29 is 4.79 Å². The van der Waals surface area contributed by atoms with Crippen molar-refractivity contribution in [2.24, 2.45) is 11.7 Å². The van der Waals surface area contributed by atoms with Crippen molar-refractivity contribution in [2.75, 3.05) is 18.0 Å². The van der Waals surface area contributed by atoms with Crippen LogP contribution in [0.3, 0.4) is 0 Å². The second kappa shape index (κ2) is 5.24. The smallest absolute Gasteiger partial charge is 0.226 e. The summed E-state index contributed by atoms with van der Waals surface area (Å²) < 4.78 is 0. The minimum atomic E-state index is -0.231. The lowest BCUT2D eigenvalue weighted by Crippen LogP contribution is -2.35. The van der Waals surface area contributed by atoms with Gasteiger partial charge in [-0.25, -0.2) is 0 Å². The molecule has 1 aliphatic rings. The van der Waals surface area contributed by atoms with Crippen molar-refractivity contribution in [2.45, 2.75) is 19.3 Å². The number of piperidine rings is 1. The molecule has 0 atom stereocenters. The van der Waals surface area contributed by atoms with E-state index in [-0.39, 0.29) is 11.2 Å². The van der Waals surface area contributed by atoms with Crippen LogP contribution in [0.4, 0.5) is 5.82 Å². The number of fused-ring (bicyclic) bond motifs is 1. The first-order valence-corrected chi connectivity index (χ1v) is 6.91. The number of carbonyl (C=O) groups is 1. The summed E-state index contributed by atoms with van der Waals surface area (Å²) in [5.74, 6) is 0.929. The lowest BCUT2D eigenvalue weighted by molar-refractivity contribution is -0.119. The van der Waals surface area contributed by atoms with Gasteiger partial charge in [0.05, 0.1) is 11.6 Å². The summed E-state index contributed by atoms with van der Waals surface area (Å²) >= 11 is 5.94. The van der Waals surface area contributed by atoms with Gasteiger partial charge in [-0.3, -0.25) is 9.89 Å². The molecule has 7 nitrogen and oxygen atoms in total. The molecule has 1 fully saturated rings. The normalized spacial score (nSPS) is 16.8. The second-order valence-electron chi connectivity index (χ2n) is 5.05. The van der Waals surface area contributed by atoms with Crippen LogP contribution >= 0.6 is 11.6 Å². The Labute approximate surface area is 120 Å². The highest BCUT2D eigenvalue weighted by atomic mass is 35.5. The van der Waals surface area contributed by atoms with Gasteiger partial charge in [-0.15, -0.1) is 0 Å². The van der Waals surface area contributed by atoms with E-state index in [1.807, 2.05) is 0 Å². The average Bonchev–Trinajstić information content (AvgIpc) is 2.86. The molecule has 8 heteroatoms. The van der Waals surface area contributed by atoms with Crippen LogP contribution < -0.4 is 10.6 Å². The fraction of sp³-hybridized carbons (Fsp3) is 0.500. The molecule has 0 bridgehead atoms. The maximum absolute atomic E-state index is 11.0. The van der Waals surface area contributed by atoms with E-state index in [0.29, 0.717) is 18.0 Å². The van der Waals surface area contributed by atoms with Gasteiger partial charge in [0.25, 0.3) is 0 Å². The van der Waals surface area contributed by atoms with Crippen LogP contribution in [0.5, 0.6) is 0 Å². The first kappa shape index (κ1) is 13.1. The van der Waals surface area contributed by atoms with Crippen molar-refractivity contribution in [1.82, 2.24) is 20.2 Å². The number of primary amides is 1. The van der Waals surface area contributed by atoms with E-state index in [4.69, 9.17) is 17.3 Å². The van der Waals surface area contributed by atoms with Crippen molar-refractivity contribution in [3.05, 3.63) is 11.5 Å². The van der Waals surface area contributed by atoms with Crippen molar-refractivity contribution in [3.63, 3.8) is 0 Å². The van der Waals surface area contributed by atoms with Gasteiger partial charge in [0, 0.05) is 19.5 Å². The molecule has 0 aromatic carbocycles. The van der Waals surface area contributed by atoms with Gasteiger partial charge in [0.1, 0.15) is 5.82 Å². The van der Waals surface area contributed by atoms with Crippen LogP contribution in [0.15, 0.2) is 6.20 Å². The monoisotopic (exact) mass is 294 g/mol. The van der Waals surface area contributed by atoms with Gasteiger partial charge in [0.15, 0.2) is 5.65 Å². The van der Waals surface area contributed by atoms with E-state index >= 15 is 0 Å². The number of rotatable bonds is 3. The van der Waals surface area contributed by atoms with Crippen molar-refractivity contribution in [3.8, 4) is 0 Å². The summed E-state index contributed by atoms with van der Waals surface area (Å²) in [5, 5.41) is 7.85. The molecule has 0 unspecified atom stereocenters. The number of amides is 1. The number of nitrogens with one attached hydrogen (secondary N) is 1. The van der Waals surface area contributed by atoms with Crippen molar-refractivity contribution >= 4 is 34.4 Å². The first-order valence-electron chi connectivity index (χ1n) is 6.53. The Hall–Kier alpha value is -1.89. The minimum Gasteiger partial charge on any atom is -0.370 e. The Morgan fingerprint density at radius 3 is 2.90 bits per heavy atom. The molecule has 1 aliphatic heterocycles. The van der Waals surface area contributed by atoms with Gasteiger partial charge in [-0.2, -0.15) is 15.1 Å². The summed E-state index contributed by atoms with van der Waals surface area (Å²) in [7, 11) is 0. The number of carbonyl (C=O) groups excluding carboxylic acids is 1. The van der Waals surface area contributed by atoms with Gasteiger partial charge < -0.3 is 10.6 Å². The van der Waals surface area contributed by atoms with Crippen LogP contribution in [0.25, 0.3) is 11.0 Å². The zero-order valence-corrected chi connectivity index (χ0v) is 11.6. The Morgan fingerprint density at radius 2 is 2.20 bits per heavy atom. The third-order valence-corrected chi connectivity index (χ3v) is 3.84. The molecule has 3 rings (SSSR count). The van der Waals surface area contributed by atoms with E-state index in [1.165, 1.54) is 0 Å². The molecule has 0 aliphatic carbocycles. The molecule has 2 aromatic rings. The summed E-state index contributed by atoms with van der Waals surface area (Å²) in [4.78, 5) is 21.5. The Kier molecular flexibility index (Phi) is 3.43. The molecule has 0 spiro atoms. The van der Waals surface area contributed by atoms with E-state index in [2.05, 4.69) is 25.1 Å². The quantitative estimate of drug-likeness (QED) is 0.826. The fourth-order valence-electron chi connectivity index (χ4n) is 2.67. The van der Waals surface area contributed by atoms with Gasteiger partial charge in [-0.1, -0.05) is 0 Å². The van der Waals surface area contributed by atoms with Crippen LogP contribution in [0, 0.1) is 5.92 Å². The zero-order chi connectivity index (χ0) is 14.1. The summed E-state index contributed by atoms with van der Waals surface area (Å²) in [6.45, 7) is 1.65. The predicted octanol–water partition coefficient (Wildman–Crippen LogP) is 1.10. The molecular formula is C12H15ClN6O. The molecule has 3 heterocycles. The average molecular weight is 295 g/mol. The number of aromatic amines is 1. The Balaban J connectivity index is 1.79. The Bertz CT molecular complexity index is 634. The third-order valence-electron chi connectivity index (χ3n) is 3.67. The molecule has 20 heavy (non-hydrogen) atoms. The molecule has 1 saturated heterocycles. The molecular weight excluding hydrogens is 280 g/mol. The topological polar surface area (TPSA) is 101 Å². The molecule has 1 amide bonds. The minimum absolute atomic E-state index is 0.205. The number of nitrogens with two attached hydrogens (primary N) is 1. The van der Waals surface area contributed by atoms with Crippen molar-refractivity contribution in [1.29, 1.82) is 0 Å². The highest BCUT2D eigenvalue weighted by molar-refractivity contribution is 6.28. The Morgan fingerprint density at radius 1 is 1.45 bits per heavy atom. The first-order chi connectivity index (χ1) is 9.63. The van der Waals surface area contributed by atoms with Gasteiger partial charge in [0.2, 0.25) is 11.2 Å². The van der Waals surface area contributed by atoms with Crippen LogP contribution in [0.2, 0.25) is 5.28 Å². The summed E-state index contributed by atoms with van der Waals surface area (Å²) in [6.07, 6.45) is 4.00. The number of aromatic nitrogens is 4. The number of nitrogens with zero attached hydrogens (tertiary/aromatic N) is 4. The number of hydrogen-bond acceptors (Lipinski definition) is 5. The number of H-pyrrole nitrogens is 1. The van der Waals surface area contributed by atoms with Crippen LogP contribution in [-0.4, -0.2) is 39.2 Å². The zero-order valence-electron chi connectivity index (χ0n) is 10.8. The maximum atomic E-state index is 11.0. The lowest BCUT2D eigenvalue weighted by Gasteiger charge is -2.32. The largest absolute Gasteiger partial charge is 0.370 e. The van der Waals surface area contributed by atoms with E-state index in [0.717, 1.165) is 37.1 Å². The third kappa shape index (κ3) is 2.53.